The minimum absolute atomic E-state index is 0.217. The van der Waals surface area contributed by atoms with Crippen molar-refractivity contribution in [1.29, 1.82) is 5.26 Å². The Labute approximate surface area is 107 Å². The fraction of sp³-hybridized carbons (Fsp3) is 0.500. The second-order valence-electron chi connectivity index (χ2n) is 4.97. The van der Waals surface area contributed by atoms with Crippen molar-refractivity contribution < 1.29 is 4.39 Å². The normalized spacial score (nSPS) is 15.6. The standard InChI is InChI=1S/C14H18FN3/c1-10(2)17-13(8-16)9-18-6-5-11-3-4-12(15)7-14(11)18/h3-4,7,10,13,17H,5-6,9H2,1-2H3. The summed E-state index contributed by atoms with van der Waals surface area (Å²) in [4.78, 5) is 2.08. The minimum Gasteiger partial charge on any atom is -0.368 e. The fourth-order valence-electron chi connectivity index (χ4n) is 2.36. The number of nitriles is 1. The Hall–Kier alpha value is -1.60. The van der Waals surface area contributed by atoms with Gasteiger partial charge in [-0.25, -0.2) is 4.39 Å². The van der Waals surface area contributed by atoms with Gasteiger partial charge >= 0.3 is 0 Å². The van der Waals surface area contributed by atoms with Crippen molar-refractivity contribution in [1.82, 2.24) is 5.32 Å². The van der Waals surface area contributed by atoms with Gasteiger partial charge in [0.2, 0.25) is 0 Å². The smallest absolute Gasteiger partial charge is 0.125 e. The lowest BCUT2D eigenvalue weighted by atomic mass is 10.1. The third-order valence-corrected chi connectivity index (χ3v) is 3.13. The molecule has 96 valence electrons. The first-order valence-electron chi connectivity index (χ1n) is 6.29. The van der Waals surface area contributed by atoms with Crippen LogP contribution in [-0.4, -0.2) is 25.2 Å². The van der Waals surface area contributed by atoms with Gasteiger partial charge in [0, 0.05) is 24.8 Å². The van der Waals surface area contributed by atoms with E-state index in [1.54, 1.807) is 6.07 Å². The maximum absolute atomic E-state index is 13.3. The van der Waals surface area contributed by atoms with Crippen LogP contribution in [0.15, 0.2) is 18.2 Å². The Morgan fingerprint density at radius 1 is 1.50 bits per heavy atom. The molecule has 2 rings (SSSR count). The Bertz CT molecular complexity index is 465. The molecule has 3 nitrogen and oxygen atoms in total. The van der Waals surface area contributed by atoms with Crippen molar-refractivity contribution in [2.75, 3.05) is 18.0 Å². The maximum atomic E-state index is 13.3. The zero-order valence-corrected chi connectivity index (χ0v) is 10.8. The van der Waals surface area contributed by atoms with Crippen molar-refractivity contribution in [3.05, 3.63) is 29.6 Å². The van der Waals surface area contributed by atoms with E-state index in [0.717, 1.165) is 24.2 Å². The topological polar surface area (TPSA) is 39.1 Å². The largest absolute Gasteiger partial charge is 0.368 e. The maximum Gasteiger partial charge on any atom is 0.125 e. The van der Waals surface area contributed by atoms with Gasteiger partial charge in [-0.3, -0.25) is 5.32 Å². The molecule has 1 atom stereocenters. The summed E-state index contributed by atoms with van der Waals surface area (Å²) >= 11 is 0. The molecule has 1 heterocycles. The van der Waals surface area contributed by atoms with Crippen LogP contribution in [0.3, 0.4) is 0 Å². The SMILES string of the molecule is CC(C)NC(C#N)CN1CCc2ccc(F)cc21. The van der Waals surface area contributed by atoms with Crippen molar-refractivity contribution in [3.63, 3.8) is 0 Å². The Morgan fingerprint density at radius 3 is 2.94 bits per heavy atom. The van der Waals surface area contributed by atoms with Crippen molar-refractivity contribution in [2.24, 2.45) is 0 Å². The molecular formula is C14H18FN3. The van der Waals surface area contributed by atoms with Crippen LogP contribution in [0.1, 0.15) is 19.4 Å². The molecule has 0 saturated heterocycles. The average Bonchev–Trinajstić information content (AvgIpc) is 2.70. The number of halogens is 1. The molecule has 0 saturated carbocycles. The quantitative estimate of drug-likeness (QED) is 0.885. The highest BCUT2D eigenvalue weighted by atomic mass is 19.1. The summed E-state index contributed by atoms with van der Waals surface area (Å²) in [6.07, 6.45) is 0.926. The summed E-state index contributed by atoms with van der Waals surface area (Å²) < 4.78 is 13.3. The van der Waals surface area contributed by atoms with Crippen LogP contribution in [0.2, 0.25) is 0 Å². The van der Waals surface area contributed by atoms with E-state index in [9.17, 15) is 4.39 Å². The van der Waals surface area contributed by atoms with Crippen LogP contribution in [0.5, 0.6) is 0 Å². The van der Waals surface area contributed by atoms with E-state index in [4.69, 9.17) is 5.26 Å². The van der Waals surface area contributed by atoms with Gasteiger partial charge < -0.3 is 4.90 Å². The van der Waals surface area contributed by atoms with Gasteiger partial charge in [0.15, 0.2) is 0 Å². The van der Waals surface area contributed by atoms with Crippen LogP contribution >= 0.6 is 0 Å². The van der Waals surface area contributed by atoms with Crippen LogP contribution in [0, 0.1) is 17.1 Å². The first-order chi connectivity index (χ1) is 8.60. The molecule has 0 amide bonds. The van der Waals surface area contributed by atoms with E-state index < -0.39 is 0 Å². The molecule has 0 bridgehead atoms. The third-order valence-electron chi connectivity index (χ3n) is 3.13. The monoisotopic (exact) mass is 247 g/mol. The summed E-state index contributed by atoms with van der Waals surface area (Å²) in [7, 11) is 0. The summed E-state index contributed by atoms with van der Waals surface area (Å²) in [5, 5.41) is 12.3. The van der Waals surface area contributed by atoms with Gasteiger partial charge in [-0.1, -0.05) is 6.07 Å². The minimum atomic E-state index is -0.223. The van der Waals surface area contributed by atoms with E-state index >= 15 is 0 Å². The van der Waals surface area contributed by atoms with Crippen molar-refractivity contribution in [3.8, 4) is 6.07 Å². The molecular weight excluding hydrogens is 229 g/mol. The Morgan fingerprint density at radius 2 is 2.28 bits per heavy atom. The van der Waals surface area contributed by atoms with Gasteiger partial charge in [0.05, 0.1) is 6.07 Å². The second kappa shape index (κ2) is 5.36. The van der Waals surface area contributed by atoms with Crippen LogP contribution in [0.4, 0.5) is 10.1 Å². The molecule has 18 heavy (non-hydrogen) atoms. The fourth-order valence-corrected chi connectivity index (χ4v) is 2.36. The zero-order chi connectivity index (χ0) is 13.1. The van der Waals surface area contributed by atoms with Gasteiger partial charge in [0.1, 0.15) is 11.9 Å². The van der Waals surface area contributed by atoms with Crippen LogP contribution in [-0.2, 0) is 6.42 Å². The van der Waals surface area contributed by atoms with Crippen LogP contribution in [0.25, 0.3) is 0 Å². The number of hydrogen-bond acceptors (Lipinski definition) is 3. The molecule has 0 aliphatic carbocycles. The van der Waals surface area contributed by atoms with E-state index in [1.807, 2.05) is 19.9 Å². The predicted octanol–water partition coefficient (Wildman–Crippen LogP) is 2.08. The number of nitrogens with zero attached hydrogens (tertiary/aromatic N) is 2. The highest BCUT2D eigenvalue weighted by Crippen LogP contribution is 2.28. The van der Waals surface area contributed by atoms with E-state index in [2.05, 4.69) is 16.3 Å². The molecule has 1 aliphatic rings. The summed E-state index contributed by atoms with van der Waals surface area (Å²) in [5.74, 6) is -0.217. The molecule has 1 aromatic rings. The van der Waals surface area contributed by atoms with Gasteiger partial charge in [-0.05, 0) is 38.0 Å². The first-order valence-corrected chi connectivity index (χ1v) is 6.29. The lowest BCUT2D eigenvalue weighted by molar-refractivity contribution is 0.524. The lowest BCUT2D eigenvalue weighted by Gasteiger charge is -2.24. The highest BCUT2D eigenvalue weighted by molar-refractivity contribution is 5.58. The van der Waals surface area contributed by atoms with E-state index in [0.29, 0.717) is 6.54 Å². The summed E-state index contributed by atoms with van der Waals surface area (Å²) in [6, 6.07) is 7.20. The number of anilines is 1. The summed E-state index contributed by atoms with van der Waals surface area (Å²) in [5.41, 5.74) is 2.10. The number of hydrogen-bond donors (Lipinski definition) is 1. The third kappa shape index (κ3) is 2.80. The highest BCUT2D eigenvalue weighted by Gasteiger charge is 2.22. The van der Waals surface area contributed by atoms with Crippen molar-refractivity contribution in [2.45, 2.75) is 32.4 Å². The Balaban J connectivity index is 2.09. The van der Waals surface area contributed by atoms with Gasteiger partial charge in [0.25, 0.3) is 0 Å². The van der Waals surface area contributed by atoms with E-state index in [-0.39, 0.29) is 17.9 Å². The number of nitrogens with one attached hydrogen (secondary N) is 1. The van der Waals surface area contributed by atoms with Crippen molar-refractivity contribution >= 4 is 5.69 Å². The average molecular weight is 247 g/mol. The molecule has 0 fully saturated rings. The first kappa shape index (κ1) is 12.8. The van der Waals surface area contributed by atoms with Crippen LogP contribution < -0.4 is 10.2 Å². The molecule has 0 spiro atoms. The van der Waals surface area contributed by atoms with Gasteiger partial charge in [-0.15, -0.1) is 0 Å². The molecule has 0 aromatic heterocycles. The molecule has 0 radical (unpaired) electrons. The number of fused-ring (bicyclic) bond motifs is 1. The lowest BCUT2D eigenvalue weighted by Crippen LogP contribution is -2.42. The number of benzene rings is 1. The molecule has 1 aliphatic heterocycles. The zero-order valence-electron chi connectivity index (χ0n) is 10.8. The molecule has 1 aromatic carbocycles. The molecule has 1 unspecified atom stereocenters. The van der Waals surface area contributed by atoms with Gasteiger partial charge in [-0.2, -0.15) is 5.26 Å². The van der Waals surface area contributed by atoms with E-state index in [1.165, 1.54) is 6.07 Å². The summed E-state index contributed by atoms with van der Waals surface area (Å²) in [6.45, 7) is 5.49. The number of rotatable bonds is 4. The molecule has 1 N–H and O–H groups in total. The molecule has 4 heteroatoms. The predicted molar refractivity (Wildman–Crippen MR) is 70.0 cm³/mol. The second-order valence-corrected chi connectivity index (χ2v) is 4.97. The Kier molecular flexibility index (Phi) is 3.83.